The molecule has 1 aliphatic rings. The first-order valence-electron chi connectivity index (χ1n) is 6.61. The maximum Gasteiger partial charge on any atom is 0.339 e. The zero-order valence-corrected chi connectivity index (χ0v) is 13.1. The van der Waals surface area contributed by atoms with E-state index < -0.39 is 16.0 Å². The molecule has 1 aromatic heterocycles. The summed E-state index contributed by atoms with van der Waals surface area (Å²) in [5.41, 5.74) is 1.60. The van der Waals surface area contributed by atoms with Gasteiger partial charge in [-0.05, 0) is 25.5 Å². The Morgan fingerprint density at radius 2 is 1.81 bits per heavy atom. The monoisotopic (exact) mass is 313 g/mol. The Morgan fingerprint density at radius 1 is 1.24 bits per heavy atom. The zero-order chi connectivity index (χ0) is 15.8. The molecule has 21 heavy (non-hydrogen) atoms. The second-order valence-corrected chi connectivity index (χ2v) is 7.22. The van der Waals surface area contributed by atoms with Gasteiger partial charge in [-0.1, -0.05) is 0 Å². The van der Waals surface area contributed by atoms with E-state index in [2.05, 4.69) is 4.98 Å². The molecule has 1 aromatic rings. The summed E-state index contributed by atoms with van der Waals surface area (Å²) >= 11 is 0. The molecule has 1 saturated heterocycles. The number of pyridine rings is 1. The van der Waals surface area contributed by atoms with Crippen LogP contribution in [0.5, 0.6) is 0 Å². The number of hydrogen-bond acceptors (Lipinski definition) is 5. The predicted molar refractivity (Wildman–Crippen MR) is 79.3 cm³/mol. The van der Waals surface area contributed by atoms with Crippen molar-refractivity contribution in [2.75, 3.05) is 37.3 Å². The number of hydrogen-bond donors (Lipinski definition) is 1. The van der Waals surface area contributed by atoms with E-state index in [1.165, 1.54) is 10.6 Å². The van der Waals surface area contributed by atoms with Crippen LogP contribution in [-0.4, -0.2) is 61.2 Å². The Kier molecular flexibility index (Phi) is 4.20. The molecule has 0 atom stereocenters. The standard InChI is InChI=1S/C13H19N3O4S/c1-9-8-10(2)14-12(11(9)13(17)18)15-4-6-16(7-5-15)21(3,19)20/h8H,4-7H2,1-3H3,(H,17,18). The highest BCUT2D eigenvalue weighted by molar-refractivity contribution is 7.88. The van der Waals surface area contributed by atoms with E-state index in [0.29, 0.717) is 37.6 Å². The van der Waals surface area contributed by atoms with Gasteiger partial charge in [0, 0.05) is 31.9 Å². The van der Waals surface area contributed by atoms with Gasteiger partial charge in [-0.3, -0.25) is 0 Å². The number of aryl methyl sites for hydroxylation is 2. The summed E-state index contributed by atoms with van der Waals surface area (Å²) in [6.45, 7) is 5.11. The van der Waals surface area contributed by atoms with E-state index in [4.69, 9.17) is 0 Å². The molecule has 0 saturated carbocycles. The molecule has 2 heterocycles. The third kappa shape index (κ3) is 3.33. The molecule has 1 N–H and O–H groups in total. The first-order chi connectivity index (χ1) is 9.70. The van der Waals surface area contributed by atoms with Crippen molar-refractivity contribution in [2.24, 2.45) is 0 Å². The number of aromatic carboxylic acids is 1. The fourth-order valence-corrected chi connectivity index (χ4v) is 3.37. The van der Waals surface area contributed by atoms with Gasteiger partial charge in [0.1, 0.15) is 11.4 Å². The van der Waals surface area contributed by atoms with E-state index in [1.807, 2.05) is 11.8 Å². The number of nitrogens with zero attached hydrogens (tertiary/aromatic N) is 3. The molecule has 0 spiro atoms. The van der Waals surface area contributed by atoms with Gasteiger partial charge in [0.05, 0.1) is 6.26 Å². The van der Waals surface area contributed by atoms with Gasteiger partial charge < -0.3 is 10.0 Å². The lowest BCUT2D eigenvalue weighted by atomic mass is 10.1. The number of carbonyl (C=O) groups is 1. The minimum atomic E-state index is -3.20. The van der Waals surface area contributed by atoms with E-state index >= 15 is 0 Å². The molecule has 1 aliphatic heterocycles. The van der Waals surface area contributed by atoms with Gasteiger partial charge in [-0.2, -0.15) is 4.31 Å². The third-order valence-electron chi connectivity index (χ3n) is 3.55. The van der Waals surface area contributed by atoms with Crippen LogP contribution in [0.15, 0.2) is 6.07 Å². The number of aromatic nitrogens is 1. The van der Waals surface area contributed by atoms with Gasteiger partial charge in [-0.15, -0.1) is 0 Å². The Bertz CT molecular complexity index is 664. The zero-order valence-electron chi connectivity index (χ0n) is 12.3. The molecule has 7 nitrogen and oxygen atoms in total. The van der Waals surface area contributed by atoms with Crippen LogP contribution in [-0.2, 0) is 10.0 Å². The van der Waals surface area contributed by atoms with Crippen LogP contribution >= 0.6 is 0 Å². The summed E-state index contributed by atoms with van der Waals surface area (Å²) in [5.74, 6) is -0.589. The smallest absolute Gasteiger partial charge is 0.339 e. The summed E-state index contributed by atoms with van der Waals surface area (Å²) in [7, 11) is -3.20. The molecule has 0 unspecified atom stereocenters. The average molecular weight is 313 g/mol. The number of carboxylic acid groups (broad SMARTS) is 1. The van der Waals surface area contributed by atoms with Crippen molar-refractivity contribution in [1.82, 2.24) is 9.29 Å². The van der Waals surface area contributed by atoms with Crippen LogP contribution in [0.3, 0.4) is 0 Å². The molecular formula is C13H19N3O4S. The van der Waals surface area contributed by atoms with Crippen LogP contribution < -0.4 is 4.90 Å². The van der Waals surface area contributed by atoms with Gasteiger partial charge in [-0.25, -0.2) is 18.2 Å². The fourth-order valence-electron chi connectivity index (χ4n) is 2.54. The lowest BCUT2D eigenvalue weighted by Gasteiger charge is -2.34. The van der Waals surface area contributed by atoms with Crippen molar-refractivity contribution >= 4 is 21.8 Å². The number of piperazine rings is 1. The normalized spacial score (nSPS) is 17.0. The molecule has 1 fully saturated rings. The molecule has 0 aliphatic carbocycles. The van der Waals surface area contributed by atoms with Crippen molar-refractivity contribution in [3.05, 3.63) is 22.9 Å². The number of sulfonamides is 1. The average Bonchev–Trinajstić information content (AvgIpc) is 2.36. The molecule has 0 amide bonds. The second kappa shape index (κ2) is 5.61. The third-order valence-corrected chi connectivity index (χ3v) is 4.85. The quantitative estimate of drug-likeness (QED) is 0.873. The Hall–Kier alpha value is -1.67. The minimum absolute atomic E-state index is 0.188. The van der Waals surface area contributed by atoms with Crippen molar-refractivity contribution in [3.8, 4) is 0 Å². The summed E-state index contributed by atoms with van der Waals surface area (Å²) < 4.78 is 24.4. The molecule has 116 valence electrons. The van der Waals surface area contributed by atoms with Crippen LogP contribution in [0, 0.1) is 13.8 Å². The maximum absolute atomic E-state index is 11.5. The fraction of sp³-hybridized carbons (Fsp3) is 0.538. The highest BCUT2D eigenvalue weighted by Crippen LogP contribution is 2.24. The van der Waals surface area contributed by atoms with Gasteiger partial charge >= 0.3 is 5.97 Å². The van der Waals surface area contributed by atoms with Gasteiger partial charge in [0.15, 0.2) is 0 Å². The van der Waals surface area contributed by atoms with Gasteiger partial charge in [0.25, 0.3) is 0 Å². The highest BCUT2D eigenvalue weighted by atomic mass is 32.2. The maximum atomic E-state index is 11.5. The van der Waals surface area contributed by atoms with Gasteiger partial charge in [0.2, 0.25) is 10.0 Å². The first-order valence-corrected chi connectivity index (χ1v) is 8.46. The summed E-state index contributed by atoms with van der Waals surface area (Å²) in [6.07, 6.45) is 1.18. The number of rotatable bonds is 3. The largest absolute Gasteiger partial charge is 0.478 e. The lowest BCUT2D eigenvalue weighted by molar-refractivity contribution is 0.0696. The molecule has 8 heteroatoms. The van der Waals surface area contributed by atoms with Crippen LogP contribution in [0.4, 0.5) is 5.82 Å². The molecule has 0 bridgehead atoms. The molecule has 2 rings (SSSR count). The first kappa shape index (κ1) is 15.7. The van der Waals surface area contributed by atoms with E-state index in [1.54, 1.807) is 13.0 Å². The lowest BCUT2D eigenvalue weighted by Crippen LogP contribution is -2.49. The molecule has 0 radical (unpaired) electrons. The summed E-state index contributed by atoms with van der Waals surface area (Å²) in [4.78, 5) is 17.6. The topological polar surface area (TPSA) is 90.8 Å². The Labute approximate surface area is 124 Å². The highest BCUT2D eigenvalue weighted by Gasteiger charge is 2.27. The van der Waals surface area contributed by atoms with Crippen molar-refractivity contribution in [1.29, 1.82) is 0 Å². The van der Waals surface area contributed by atoms with E-state index in [9.17, 15) is 18.3 Å². The van der Waals surface area contributed by atoms with E-state index in [-0.39, 0.29) is 5.56 Å². The summed E-state index contributed by atoms with van der Waals surface area (Å²) in [6, 6.07) is 1.74. The number of anilines is 1. The van der Waals surface area contributed by atoms with Crippen LogP contribution in [0.25, 0.3) is 0 Å². The van der Waals surface area contributed by atoms with Crippen molar-refractivity contribution < 1.29 is 18.3 Å². The Balaban J connectivity index is 2.30. The summed E-state index contributed by atoms with van der Waals surface area (Å²) in [5, 5.41) is 9.38. The second-order valence-electron chi connectivity index (χ2n) is 5.23. The molecular weight excluding hydrogens is 294 g/mol. The SMILES string of the molecule is Cc1cc(C)c(C(=O)O)c(N2CCN(S(C)(=O)=O)CC2)n1. The minimum Gasteiger partial charge on any atom is -0.478 e. The van der Waals surface area contributed by atoms with Crippen LogP contribution in [0.1, 0.15) is 21.6 Å². The van der Waals surface area contributed by atoms with E-state index in [0.717, 1.165) is 5.69 Å². The van der Waals surface area contributed by atoms with Crippen molar-refractivity contribution in [3.63, 3.8) is 0 Å². The number of carboxylic acids is 1. The predicted octanol–water partition coefficient (Wildman–Crippen LogP) is 0.478. The Morgan fingerprint density at radius 3 is 2.29 bits per heavy atom. The molecule has 0 aromatic carbocycles. The van der Waals surface area contributed by atoms with Crippen molar-refractivity contribution in [2.45, 2.75) is 13.8 Å². The van der Waals surface area contributed by atoms with Crippen LogP contribution in [0.2, 0.25) is 0 Å².